The number of anilines is 2. The van der Waals surface area contributed by atoms with Gasteiger partial charge in [-0.05, 0) is 18.6 Å². The monoisotopic (exact) mass is 328 g/mol. The van der Waals surface area contributed by atoms with E-state index in [4.69, 9.17) is 15.5 Å². The molecule has 0 radical (unpaired) electrons. The molecule has 0 saturated carbocycles. The molecule has 1 aromatic rings. The number of aliphatic hydroxyl groups excluding tert-OH is 2. The number of aromatic nitrogens is 1. The molecular weight excluding hydrogens is 308 g/mol. The molecule has 9 heteroatoms. The summed E-state index contributed by atoms with van der Waals surface area (Å²) in [5.41, 5.74) is 1.07. The molecule has 0 saturated heterocycles. The number of pyridine rings is 1. The van der Waals surface area contributed by atoms with E-state index in [-0.39, 0.29) is 31.2 Å². The van der Waals surface area contributed by atoms with Gasteiger partial charge in [0, 0.05) is 13.1 Å². The van der Waals surface area contributed by atoms with Crippen molar-refractivity contribution in [1.82, 2.24) is 4.98 Å². The van der Waals surface area contributed by atoms with Crippen molar-refractivity contribution in [3.8, 4) is 6.07 Å². The molecule has 0 aliphatic rings. The largest absolute Gasteiger partial charge is 0.395 e. The molecule has 0 aliphatic carbocycles. The lowest BCUT2D eigenvalue weighted by Gasteiger charge is -2.12. The summed E-state index contributed by atoms with van der Waals surface area (Å²) in [6.45, 7) is 1.67. The third kappa shape index (κ3) is 5.48. The zero-order valence-electron chi connectivity index (χ0n) is 12.3. The van der Waals surface area contributed by atoms with Crippen LogP contribution in [-0.2, 0) is 9.84 Å². The van der Waals surface area contributed by atoms with Gasteiger partial charge in [0.1, 0.15) is 17.7 Å². The molecule has 1 aromatic heterocycles. The Kier molecular flexibility index (Phi) is 7.04. The number of sulfone groups is 1. The quantitative estimate of drug-likeness (QED) is 0.476. The van der Waals surface area contributed by atoms with Gasteiger partial charge < -0.3 is 20.8 Å². The van der Waals surface area contributed by atoms with Crippen LogP contribution in [-0.4, -0.2) is 61.4 Å². The van der Waals surface area contributed by atoms with Crippen molar-refractivity contribution < 1.29 is 18.6 Å². The topological polar surface area (TPSA) is 135 Å². The lowest BCUT2D eigenvalue weighted by Crippen LogP contribution is -2.20. The Morgan fingerprint density at radius 3 is 2.55 bits per heavy atom. The van der Waals surface area contributed by atoms with E-state index in [0.717, 1.165) is 0 Å². The molecule has 0 fully saturated rings. The summed E-state index contributed by atoms with van der Waals surface area (Å²) < 4.78 is 23.0. The van der Waals surface area contributed by atoms with Crippen LogP contribution >= 0.6 is 0 Å². The summed E-state index contributed by atoms with van der Waals surface area (Å²) in [4.78, 5) is 4.21. The lowest BCUT2D eigenvalue weighted by molar-refractivity contribution is 0.311. The number of hydrogen-bond donors (Lipinski definition) is 4. The van der Waals surface area contributed by atoms with Crippen LogP contribution in [0.5, 0.6) is 0 Å². The highest BCUT2D eigenvalue weighted by Gasteiger charge is 2.12. The number of nitriles is 1. The minimum absolute atomic E-state index is 0.0946. The van der Waals surface area contributed by atoms with E-state index in [0.29, 0.717) is 22.8 Å². The molecule has 0 bridgehead atoms. The molecule has 1 heterocycles. The van der Waals surface area contributed by atoms with Crippen LogP contribution in [0.15, 0.2) is 6.07 Å². The van der Waals surface area contributed by atoms with E-state index in [2.05, 4.69) is 15.6 Å². The third-order valence-electron chi connectivity index (χ3n) is 2.85. The standard InChI is InChI=1S/C13H20N4O4S/c1-10-8-12(15-3-6-22(20,21)7-5-19)17-13(11(10)9-14)16-2-4-18/h8,18-19H,2-7H2,1H3,(H2,15,16,17). The molecule has 0 aromatic carbocycles. The number of aliphatic hydroxyl groups is 2. The van der Waals surface area contributed by atoms with Crippen LogP contribution in [0.4, 0.5) is 11.6 Å². The fraction of sp³-hybridized carbons (Fsp3) is 0.538. The number of nitrogens with one attached hydrogen (secondary N) is 2. The fourth-order valence-electron chi connectivity index (χ4n) is 1.78. The second-order valence-corrected chi connectivity index (χ2v) is 6.92. The van der Waals surface area contributed by atoms with E-state index >= 15 is 0 Å². The SMILES string of the molecule is Cc1cc(NCCS(=O)(=O)CCO)nc(NCCO)c1C#N. The van der Waals surface area contributed by atoms with E-state index in [1.54, 1.807) is 13.0 Å². The Balaban J connectivity index is 2.79. The van der Waals surface area contributed by atoms with Crippen molar-refractivity contribution in [2.24, 2.45) is 0 Å². The van der Waals surface area contributed by atoms with Crippen molar-refractivity contribution in [3.63, 3.8) is 0 Å². The van der Waals surface area contributed by atoms with Crippen molar-refractivity contribution in [2.45, 2.75) is 6.92 Å². The Morgan fingerprint density at radius 1 is 1.23 bits per heavy atom. The average Bonchev–Trinajstić information content (AvgIpc) is 2.44. The summed E-state index contributed by atoms with van der Waals surface area (Å²) in [5, 5.41) is 32.3. The number of nitrogens with zero attached hydrogens (tertiary/aromatic N) is 2. The van der Waals surface area contributed by atoms with Gasteiger partial charge in [-0.1, -0.05) is 0 Å². The van der Waals surface area contributed by atoms with Gasteiger partial charge in [-0.15, -0.1) is 0 Å². The van der Waals surface area contributed by atoms with E-state index in [1.807, 2.05) is 6.07 Å². The van der Waals surface area contributed by atoms with Gasteiger partial charge in [0.2, 0.25) is 0 Å². The van der Waals surface area contributed by atoms with E-state index in [1.165, 1.54) is 0 Å². The van der Waals surface area contributed by atoms with Gasteiger partial charge in [0.15, 0.2) is 9.84 Å². The average molecular weight is 328 g/mol. The lowest BCUT2D eigenvalue weighted by atomic mass is 10.1. The minimum Gasteiger partial charge on any atom is -0.395 e. The molecule has 1 rings (SSSR count). The second-order valence-electron chi connectivity index (χ2n) is 4.61. The Morgan fingerprint density at radius 2 is 1.95 bits per heavy atom. The van der Waals surface area contributed by atoms with Crippen molar-refractivity contribution >= 4 is 21.5 Å². The van der Waals surface area contributed by atoms with Gasteiger partial charge >= 0.3 is 0 Å². The number of rotatable bonds is 9. The zero-order valence-corrected chi connectivity index (χ0v) is 13.2. The number of hydrogen-bond acceptors (Lipinski definition) is 8. The zero-order chi connectivity index (χ0) is 16.6. The van der Waals surface area contributed by atoms with E-state index in [9.17, 15) is 8.42 Å². The van der Waals surface area contributed by atoms with Crippen molar-refractivity contribution in [3.05, 3.63) is 17.2 Å². The summed E-state index contributed by atoms with van der Waals surface area (Å²) in [7, 11) is -3.29. The first-order valence-corrected chi connectivity index (χ1v) is 8.57. The van der Waals surface area contributed by atoms with Crippen LogP contribution in [0.2, 0.25) is 0 Å². The van der Waals surface area contributed by atoms with Crippen LogP contribution in [0.1, 0.15) is 11.1 Å². The van der Waals surface area contributed by atoms with E-state index < -0.39 is 16.4 Å². The highest BCUT2D eigenvalue weighted by atomic mass is 32.2. The van der Waals surface area contributed by atoms with Gasteiger partial charge in [-0.25, -0.2) is 13.4 Å². The van der Waals surface area contributed by atoms with Gasteiger partial charge in [-0.3, -0.25) is 0 Å². The Bertz CT molecular complexity index is 640. The van der Waals surface area contributed by atoms with Gasteiger partial charge in [0.25, 0.3) is 0 Å². The minimum atomic E-state index is -3.29. The molecule has 0 amide bonds. The summed E-state index contributed by atoms with van der Waals surface area (Å²) in [5.74, 6) is 0.402. The van der Waals surface area contributed by atoms with Gasteiger partial charge in [0.05, 0.1) is 30.3 Å². The maximum atomic E-state index is 11.5. The van der Waals surface area contributed by atoms with Crippen LogP contribution in [0.3, 0.4) is 0 Å². The Hall–Kier alpha value is -1.89. The second kappa shape index (κ2) is 8.53. The molecule has 22 heavy (non-hydrogen) atoms. The molecule has 4 N–H and O–H groups in total. The maximum Gasteiger partial charge on any atom is 0.154 e. The molecule has 8 nitrogen and oxygen atoms in total. The summed E-state index contributed by atoms with van der Waals surface area (Å²) >= 11 is 0. The van der Waals surface area contributed by atoms with Crippen molar-refractivity contribution in [1.29, 1.82) is 5.26 Å². The van der Waals surface area contributed by atoms with Crippen LogP contribution < -0.4 is 10.6 Å². The number of aryl methyl sites for hydroxylation is 1. The first kappa shape index (κ1) is 18.2. The first-order valence-electron chi connectivity index (χ1n) is 6.75. The predicted octanol–water partition coefficient (Wildman–Crippen LogP) is -0.515. The summed E-state index contributed by atoms with van der Waals surface area (Å²) in [6.07, 6.45) is 0. The fourth-order valence-corrected chi connectivity index (χ4v) is 2.68. The molecule has 122 valence electrons. The maximum absolute atomic E-state index is 11.5. The van der Waals surface area contributed by atoms with Crippen LogP contribution in [0, 0.1) is 18.3 Å². The Labute approximate surface area is 129 Å². The normalized spacial score (nSPS) is 11.0. The van der Waals surface area contributed by atoms with Crippen molar-refractivity contribution in [2.75, 3.05) is 48.4 Å². The first-order chi connectivity index (χ1) is 10.4. The highest BCUT2D eigenvalue weighted by Crippen LogP contribution is 2.20. The molecule has 0 aliphatic heterocycles. The van der Waals surface area contributed by atoms with Crippen LogP contribution in [0.25, 0.3) is 0 Å². The molecule has 0 unspecified atom stereocenters. The smallest absolute Gasteiger partial charge is 0.154 e. The molecule has 0 atom stereocenters. The predicted molar refractivity (Wildman–Crippen MR) is 83.5 cm³/mol. The highest BCUT2D eigenvalue weighted by molar-refractivity contribution is 7.91. The summed E-state index contributed by atoms with van der Waals surface area (Å²) in [6, 6.07) is 3.69. The third-order valence-corrected chi connectivity index (χ3v) is 4.48. The molecule has 0 spiro atoms. The molecular formula is C13H20N4O4S. The van der Waals surface area contributed by atoms with Gasteiger partial charge in [-0.2, -0.15) is 5.26 Å².